The zero-order valence-corrected chi connectivity index (χ0v) is 30.8. The fourth-order valence-corrected chi connectivity index (χ4v) is 7.43. The van der Waals surface area contributed by atoms with Crippen LogP contribution < -0.4 is 9.47 Å². The standard InChI is InChI=1S/C16H21NO7S.C11H11ClO5S.C6H12O2/c1-22-16(19)11-2-5-14(24-13-3-4-13)15(8-11)25(20,21)17-6-7-23-10-12(18)9-17;1-16-11(13)7-2-5-9(17-8-3-4-8)10(6-7)18(12,14)15;7-6-3-1-2-4-8-5-6/h2,5,8,12-13,18H,3-4,6-7,9-10H2,1H3;2,5-6,8H,3-4H2,1H3;6-7H,1-5H2. The molecule has 51 heavy (non-hydrogen) atoms. The van der Waals surface area contributed by atoms with Crippen LogP contribution in [0.3, 0.4) is 0 Å². The van der Waals surface area contributed by atoms with E-state index in [9.17, 15) is 31.5 Å². The first-order valence-electron chi connectivity index (χ1n) is 16.5. The summed E-state index contributed by atoms with van der Waals surface area (Å²) in [4.78, 5) is 22.8. The van der Waals surface area contributed by atoms with Gasteiger partial charge in [-0.05, 0) is 81.3 Å². The molecule has 2 N–H and O–H groups in total. The minimum atomic E-state index is -3.98. The average molecular weight is 778 g/mol. The van der Waals surface area contributed by atoms with Gasteiger partial charge in [0.25, 0.3) is 9.05 Å². The summed E-state index contributed by atoms with van der Waals surface area (Å²) in [6.07, 6.45) is 5.58. The van der Waals surface area contributed by atoms with Gasteiger partial charge in [-0.1, -0.05) is 0 Å². The fraction of sp³-hybridized carbons (Fsp3) is 0.576. The number of benzene rings is 2. The summed E-state index contributed by atoms with van der Waals surface area (Å²) in [6, 6.07) is 8.23. The number of carbonyl (C=O) groups excluding carboxylic acids is 2. The second-order valence-corrected chi connectivity index (χ2v) is 16.6. The Morgan fingerprint density at radius 1 is 0.745 bits per heavy atom. The van der Waals surface area contributed by atoms with E-state index in [4.69, 9.17) is 34.7 Å². The van der Waals surface area contributed by atoms with Gasteiger partial charge in [0.1, 0.15) is 21.3 Å². The van der Waals surface area contributed by atoms with Gasteiger partial charge in [0, 0.05) is 30.4 Å². The van der Waals surface area contributed by atoms with Gasteiger partial charge in [-0.25, -0.2) is 26.4 Å². The number of halogens is 1. The summed E-state index contributed by atoms with van der Waals surface area (Å²) in [7, 11) is -0.175. The Morgan fingerprint density at radius 3 is 1.78 bits per heavy atom. The van der Waals surface area contributed by atoms with Gasteiger partial charge >= 0.3 is 11.9 Å². The number of aliphatic hydroxyl groups excluding tert-OH is 2. The first kappa shape index (κ1) is 40.7. The number of β-amino-alcohol motifs (C(OH)–C–C–N with tert-alkyl or cyclic N) is 1. The molecule has 18 heteroatoms. The molecule has 2 saturated carbocycles. The lowest BCUT2D eigenvalue weighted by atomic mass is 10.2. The van der Waals surface area contributed by atoms with E-state index < -0.39 is 37.1 Å². The third-order valence-corrected chi connectivity index (χ3v) is 11.1. The number of carbonyl (C=O) groups is 2. The van der Waals surface area contributed by atoms with Crippen molar-refractivity contribution in [3.05, 3.63) is 47.5 Å². The van der Waals surface area contributed by atoms with Crippen LogP contribution >= 0.6 is 10.7 Å². The molecule has 2 aromatic carbocycles. The molecular weight excluding hydrogens is 734 g/mol. The van der Waals surface area contributed by atoms with E-state index in [1.807, 2.05) is 0 Å². The van der Waals surface area contributed by atoms with Crippen LogP contribution in [0.15, 0.2) is 46.2 Å². The Kier molecular flexibility index (Phi) is 14.9. The zero-order valence-electron chi connectivity index (χ0n) is 28.4. The van der Waals surface area contributed by atoms with Crippen molar-refractivity contribution in [3.63, 3.8) is 0 Å². The number of nitrogens with zero attached hydrogens (tertiary/aromatic N) is 1. The Labute approximate surface area is 302 Å². The highest BCUT2D eigenvalue weighted by Gasteiger charge is 2.34. The number of ether oxygens (including phenoxy) is 6. The molecule has 0 amide bonds. The maximum atomic E-state index is 13.1. The largest absolute Gasteiger partial charge is 0.489 e. The minimum Gasteiger partial charge on any atom is -0.489 e. The number of hydrogen-bond acceptors (Lipinski definition) is 14. The van der Waals surface area contributed by atoms with Gasteiger partial charge in [0.05, 0.1) is 69.6 Å². The van der Waals surface area contributed by atoms with E-state index in [-0.39, 0.29) is 77.0 Å². The third kappa shape index (κ3) is 12.6. The van der Waals surface area contributed by atoms with Gasteiger partial charge in [-0.2, -0.15) is 4.31 Å². The molecule has 2 atom stereocenters. The zero-order chi connectivity index (χ0) is 37.2. The number of rotatable bonds is 9. The van der Waals surface area contributed by atoms with Gasteiger partial charge in [-0.3, -0.25) is 0 Å². The van der Waals surface area contributed by atoms with Gasteiger partial charge in [-0.15, -0.1) is 0 Å². The molecule has 2 saturated heterocycles. The molecule has 2 aliphatic carbocycles. The molecule has 6 rings (SSSR count). The number of aliphatic hydroxyl groups is 2. The molecule has 284 valence electrons. The van der Waals surface area contributed by atoms with E-state index in [0.717, 1.165) is 61.9 Å². The van der Waals surface area contributed by atoms with Crippen LogP contribution in [0.4, 0.5) is 0 Å². The lowest BCUT2D eigenvalue weighted by Crippen LogP contribution is -2.38. The topological polar surface area (TPSA) is 201 Å². The van der Waals surface area contributed by atoms with E-state index >= 15 is 0 Å². The highest BCUT2D eigenvalue weighted by molar-refractivity contribution is 8.13. The highest BCUT2D eigenvalue weighted by atomic mass is 35.7. The quantitative estimate of drug-likeness (QED) is 0.278. The second-order valence-electron chi connectivity index (χ2n) is 12.2. The number of esters is 2. The Bertz CT molecular complexity index is 1710. The summed E-state index contributed by atoms with van der Waals surface area (Å²) in [5.41, 5.74) is 0.232. The maximum absolute atomic E-state index is 13.1. The predicted octanol–water partition coefficient (Wildman–Crippen LogP) is 2.89. The smallest absolute Gasteiger partial charge is 0.337 e. The number of hydrogen-bond donors (Lipinski definition) is 2. The fourth-order valence-electron chi connectivity index (χ4n) is 4.83. The lowest BCUT2D eigenvalue weighted by molar-refractivity contribution is 0.0512. The SMILES string of the molecule is COC(=O)c1ccc(OC2CC2)c(S(=O)(=O)Cl)c1.COC(=O)c1ccc(OC2CC2)c(S(=O)(=O)N2CCOCC(O)C2)c1.OC1CCCCOC1. The highest BCUT2D eigenvalue weighted by Crippen LogP contribution is 2.35. The van der Waals surface area contributed by atoms with Crippen LogP contribution in [0.2, 0.25) is 0 Å². The van der Waals surface area contributed by atoms with E-state index in [1.165, 1.54) is 44.6 Å². The molecule has 15 nitrogen and oxygen atoms in total. The van der Waals surface area contributed by atoms with Crippen LogP contribution in [0.1, 0.15) is 65.7 Å². The number of sulfonamides is 1. The monoisotopic (exact) mass is 777 g/mol. The second kappa shape index (κ2) is 18.6. The normalized spacial score (nSPS) is 21.3. The summed E-state index contributed by atoms with van der Waals surface area (Å²) in [5, 5.41) is 18.8. The maximum Gasteiger partial charge on any atom is 0.337 e. The van der Waals surface area contributed by atoms with Crippen molar-refractivity contribution in [2.45, 2.75) is 79.2 Å². The van der Waals surface area contributed by atoms with E-state index in [0.29, 0.717) is 6.61 Å². The average Bonchev–Trinajstić information content (AvgIpc) is 4.01. The van der Waals surface area contributed by atoms with Crippen molar-refractivity contribution < 1.29 is 65.1 Å². The molecule has 2 aromatic rings. The molecular formula is C33H44ClNO14S2. The lowest BCUT2D eigenvalue weighted by Gasteiger charge is -2.22. The van der Waals surface area contributed by atoms with Crippen LogP contribution in [0, 0.1) is 0 Å². The van der Waals surface area contributed by atoms with Crippen molar-refractivity contribution in [1.29, 1.82) is 0 Å². The minimum absolute atomic E-state index is 0.00372. The van der Waals surface area contributed by atoms with Crippen molar-refractivity contribution >= 4 is 41.7 Å². The number of methoxy groups -OCH3 is 2. The van der Waals surface area contributed by atoms with E-state index in [2.05, 4.69) is 9.47 Å². The van der Waals surface area contributed by atoms with Gasteiger partial charge < -0.3 is 38.6 Å². The summed E-state index contributed by atoms with van der Waals surface area (Å²) >= 11 is 0. The summed E-state index contributed by atoms with van der Waals surface area (Å²) in [6.45, 7) is 1.68. The van der Waals surface area contributed by atoms with Crippen LogP contribution in [-0.4, -0.2) is 121 Å². The molecule has 4 aliphatic rings. The van der Waals surface area contributed by atoms with Crippen molar-refractivity contribution in [3.8, 4) is 11.5 Å². The van der Waals surface area contributed by atoms with Crippen molar-refractivity contribution in [2.24, 2.45) is 0 Å². The van der Waals surface area contributed by atoms with Crippen LogP contribution in [0.5, 0.6) is 11.5 Å². The molecule has 4 fully saturated rings. The van der Waals surface area contributed by atoms with Crippen LogP contribution in [0.25, 0.3) is 0 Å². The van der Waals surface area contributed by atoms with Crippen molar-refractivity contribution in [1.82, 2.24) is 4.31 Å². The Morgan fingerprint density at radius 2 is 1.25 bits per heavy atom. The molecule has 0 spiro atoms. The third-order valence-electron chi connectivity index (χ3n) is 7.84. The molecule has 0 bridgehead atoms. The summed E-state index contributed by atoms with van der Waals surface area (Å²) in [5.74, 6) is -0.891. The van der Waals surface area contributed by atoms with Gasteiger partial charge in [0.15, 0.2) is 0 Å². The first-order chi connectivity index (χ1) is 24.2. The Hall–Kier alpha value is -3.03. The summed E-state index contributed by atoms with van der Waals surface area (Å²) < 4.78 is 80.8. The van der Waals surface area contributed by atoms with Crippen molar-refractivity contribution in [2.75, 3.05) is 53.7 Å². The molecule has 0 radical (unpaired) electrons. The molecule has 2 aliphatic heterocycles. The van der Waals surface area contributed by atoms with E-state index in [1.54, 1.807) is 0 Å². The molecule has 2 unspecified atom stereocenters. The first-order valence-corrected chi connectivity index (χ1v) is 20.2. The van der Waals surface area contributed by atoms with Crippen LogP contribution in [-0.2, 0) is 38.0 Å². The Balaban J connectivity index is 0.000000194. The molecule has 0 aromatic heterocycles. The predicted molar refractivity (Wildman–Crippen MR) is 182 cm³/mol. The van der Waals surface area contributed by atoms with Gasteiger partial charge in [0.2, 0.25) is 10.0 Å². The molecule has 2 heterocycles.